The van der Waals surface area contributed by atoms with Gasteiger partial charge < -0.3 is 14.1 Å². The average molecular weight is 405 g/mol. The van der Waals surface area contributed by atoms with Gasteiger partial charge in [0.2, 0.25) is 0 Å². The number of aromatic nitrogens is 1. The van der Waals surface area contributed by atoms with Crippen LogP contribution in [0.15, 0.2) is 58.7 Å². The van der Waals surface area contributed by atoms with Crippen LogP contribution in [0.25, 0.3) is 11.8 Å². The first-order valence-electron chi connectivity index (χ1n) is 9.25. The Balaban J connectivity index is 1.71. The lowest BCUT2D eigenvalue weighted by Crippen LogP contribution is -2.53. The number of hydrogen-bond donors (Lipinski definition) is 2. The van der Waals surface area contributed by atoms with Crippen molar-refractivity contribution in [1.82, 2.24) is 14.8 Å². The topological polar surface area (TPSA) is 105 Å². The van der Waals surface area contributed by atoms with Crippen molar-refractivity contribution in [3.8, 4) is 11.4 Å². The molecule has 152 valence electrons. The number of aryl methyl sites for hydroxylation is 1. The van der Waals surface area contributed by atoms with Crippen LogP contribution in [0.2, 0.25) is 0 Å². The van der Waals surface area contributed by atoms with Crippen LogP contribution in [-0.4, -0.2) is 32.4 Å². The second-order valence-corrected chi connectivity index (χ2v) is 6.97. The van der Waals surface area contributed by atoms with E-state index in [0.29, 0.717) is 11.3 Å². The zero-order chi connectivity index (χ0) is 21.4. The minimum Gasteiger partial charge on any atom is -0.508 e. The second kappa shape index (κ2) is 7.40. The summed E-state index contributed by atoms with van der Waals surface area (Å²) in [6.07, 6.45) is 2.92. The Morgan fingerprint density at radius 1 is 1.10 bits per heavy atom. The van der Waals surface area contributed by atoms with E-state index in [1.54, 1.807) is 30.3 Å². The third kappa shape index (κ3) is 3.39. The van der Waals surface area contributed by atoms with Crippen molar-refractivity contribution < 1.29 is 23.9 Å². The van der Waals surface area contributed by atoms with Gasteiger partial charge in [0.15, 0.2) is 0 Å². The molecule has 4 rings (SSSR count). The van der Waals surface area contributed by atoms with E-state index in [2.05, 4.69) is 5.32 Å². The lowest BCUT2D eigenvalue weighted by atomic mass is 10.1. The molecule has 1 fully saturated rings. The Kier molecular flexibility index (Phi) is 4.75. The first kappa shape index (κ1) is 19.3. The fraction of sp³-hybridized carbons (Fsp3) is 0.136. The summed E-state index contributed by atoms with van der Waals surface area (Å²) in [6, 6.07) is 11.1. The standard InChI is InChI=1S/C22H19N3O5/c1-13-9-15(14(2)25(13)16-5-3-6-17(26)11-16)10-19-20(27)23-22(29)24(21(19)28)12-18-7-4-8-30-18/h3-11,26H,12H2,1-2H3,(H,23,27,29)/b19-10-. The highest BCUT2D eigenvalue weighted by atomic mass is 16.3. The van der Waals surface area contributed by atoms with Crippen molar-refractivity contribution in [2.75, 3.05) is 0 Å². The van der Waals surface area contributed by atoms with Crippen molar-refractivity contribution in [2.45, 2.75) is 20.4 Å². The SMILES string of the molecule is Cc1cc(/C=C2/C(=O)NC(=O)N(Cc3ccco3)C2=O)c(C)n1-c1cccc(O)c1. The second-order valence-electron chi connectivity index (χ2n) is 6.97. The number of urea groups is 1. The number of carbonyl (C=O) groups is 3. The first-order chi connectivity index (χ1) is 14.3. The Hall–Kier alpha value is -4.07. The number of barbiturate groups is 1. The van der Waals surface area contributed by atoms with E-state index in [9.17, 15) is 19.5 Å². The quantitative estimate of drug-likeness (QED) is 0.513. The number of imide groups is 2. The third-order valence-electron chi connectivity index (χ3n) is 4.94. The highest BCUT2D eigenvalue weighted by Crippen LogP contribution is 2.26. The number of phenolic OH excluding ortho intramolecular Hbond substituents is 1. The zero-order valence-corrected chi connectivity index (χ0v) is 16.4. The molecule has 0 unspecified atom stereocenters. The number of furan rings is 1. The summed E-state index contributed by atoms with van der Waals surface area (Å²) in [5, 5.41) is 12.0. The largest absolute Gasteiger partial charge is 0.508 e. The van der Waals surface area contributed by atoms with E-state index in [-0.39, 0.29) is 17.9 Å². The molecule has 1 aliphatic heterocycles. The number of aromatic hydroxyl groups is 1. The van der Waals surface area contributed by atoms with Crippen LogP contribution < -0.4 is 5.32 Å². The lowest BCUT2D eigenvalue weighted by Gasteiger charge is -2.25. The highest BCUT2D eigenvalue weighted by molar-refractivity contribution is 6.31. The van der Waals surface area contributed by atoms with Crippen molar-refractivity contribution >= 4 is 23.9 Å². The Morgan fingerprint density at radius 2 is 1.90 bits per heavy atom. The van der Waals surface area contributed by atoms with Gasteiger partial charge in [0.25, 0.3) is 11.8 Å². The van der Waals surface area contributed by atoms with Gasteiger partial charge in [0, 0.05) is 23.1 Å². The molecule has 8 heteroatoms. The predicted octanol–water partition coefficient (Wildman–Crippen LogP) is 3.05. The van der Waals surface area contributed by atoms with Crippen LogP contribution >= 0.6 is 0 Å². The van der Waals surface area contributed by atoms with Crippen LogP contribution in [0.4, 0.5) is 4.79 Å². The molecular formula is C22H19N3O5. The number of benzene rings is 1. The molecule has 2 aromatic heterocycles. The van der Waals surface area contributed by atoms with Gasteiger partial charge in [-0.05, 0) is 55.8 Å². The normalized spacial score (nSPS) is 15.7. The maximum atomic E-state index is 12.9. The van der Waals surface area contributed by atoms with E-state index in [1.807, 2.05) is 30.5 Å². The average Bonchev–Trinajstić information content (AvgIpc) is 3.30. The fourth-order valence-electron chi connectivity index (χ4n) is 3.51. The molecule has 0 aliphatic carbocycles. The van der Waals surface area contributed by atoms with Gasteiger partial charge in [-0.3, -0.25) is 19.8 Å². The number of amides is 4. The molecule has 1 saturated heterocycles. The molecule has 3 aromatic rings. The van der Waals surface area contributed by atoms with Crippen molar-refractivity contribution in [2.24, 2.45) is 0 Å². The summed E-state index contributed by atoms with van der Waals surface area (Å²) in [5.41, 5.74) is 2.90. The van der Waals surface area contributed by atoms with Crippen LogP contribution in [-0.2, 0) is 16.1 Å². The number of nitrogens with one attached hydrogen (secondary N) is 1. The number of phenols is 1. The highest BCUT2D eigenvalue weighted by Gasteiger charge is 2.36. The fourth-order valence-corrected chi connectivity index (χ4v) is 3.51. The maximum Gasteiger partial charge on any atom is 0.331 e. The first-order valence-corrected chi connectivity index (χ1v) is 9.25. The van der Waals surface area contributed by atoms with Gasteiger partial charge in [0.1, 0.15) is 17.1 Å². The Morgan fingerprint density at radius 3 is 2.60 bits per heavy atom. The van der Waals surface area contributed by atoms with Crippen molar-refractivity contribution in [1.29, 1.82) is 0 Å². The van der Waals surface area contributed by atoms with Crippen molar-refractivity contribution in [3.05, 3.63) is 77.0 Å². The summed E-state index contributed by atoms with van der Waals surface area (Å²) < 4.78 is 7.11. The smallest absolute Gasteiger partial charge is 0.331 e. The monoisotopic (exact) mass is 405 g/mol. The van der Waals surface area contributed by atoms with Gasteiger partial charge in [-0.2, -0.15) is 0 Å². The predicted molar refractivity (Wildman–Crippen MR) is 108 cm³/mol. The summed E-state index contributed by atoms with van der Waals surface area (Å²) in [5.74, 6) is -0.881. The molecule has 1 aromatic carbocycles. The maximum absolute atomic E-state index is 12.9. The molecule has 30 heavy (non-hydrogen) atoms. The van der Waals surface area contributed by atoms with E-state index in [0.717, 1.165) is 22.0 Å². The summed E-state index contributed by atoms with van der Waals surface area (Å²) in [7, 11) is 0. The molecule has 0 bridgehead atoms. The molecule has 3 heterocycles. The summed E-state index contributed by atoms with van der Waals surface area (Å²) in [6.45, 7) is 3.65. The molecule has 0 radical (unpaired) electrons. The molecule has 0 atom stereocenters. The Bertz CT molecular complexity index is 1190. The molecule has 0 saturated carbocycles. The van der Waals surface area contributed by atoms with Crippen LogP contribution in [0, 0.1) is 13.8 Å². The number of rotatable bonds is 4. The minimum atomic E-state index is -0.788. The van der Waals surface area contributed by atoms with Crippen LogP contribution in [0.1, 0.15) is 22.7 Å². The van der Waals surface area contributed by atoms with Gasteiger partial charge in [-0.1, -0.05) is 6.07 Å². The van der Waals surface area contributed by atoms with Gasteiger partial charge in [0.05, 0.1) is 12.8 Å². The molecular weight excluding hydrogens is 386 g/mol. The van der Waals surface area contributed by atoms with E-state index in [4.69, 9.17) is 4.42 Å². The molecule has 8 nitrogen and oxygen atoms in total. The summed E-state index contributed by atoms with van der Waals surface area (Å²) >= 11 is 0. The van der Waals surface area contributed by atoms with Gasteiger partial charge in [-0.25, -0.2) is 4.79 Å². The van der Waals surface area contributed by atoms with Crippen LogP contribution in [0.3, 0.4) is 0 Å². The number of carbonyl (C=O) groups excluding carboxylic acids is 3. The molecule has 4 amide bonds. The zero-order valence-electron chi connectivity index (χ0n) is 16.4. The molecule has 1 aliphatic rings. The van der Waals surface area contributed by atoms with E-state index in [1.165, 1.54) is 12.3 Å². The van der Waals surface area contributed by atoms with E-state index >= 15 is 0 Å². The van der Waals surface area contributed by atoms with Crippen LogP contribution in [0.5, 0.6) is 5.75 Å². The lowest BCUT2D eigenvalue weighted by molar-refractivity contribution is -0.130. The summed E-state index contributed by atoms with van der Waals surface area (Å²) in [4.78, 5) is 38.4. The van der Waals surface area contributed by atoms with Gasteiger partial charge >= 0.3 is 6.03 Å². The van der Waals surface area contributed by atoms with Gasteiger partial charge in [-0.15, -0.1) is 0 Å². The molecule has 0 spiro atoms. The Labute approximate surface area is 172 Å². The number of nitrogens with zero attached hydrogens (tertiary/aromatic N) is 2. The van der Waals surface area contributed by atoms with E-state index < -0.39 is 17.8 Å². The third-order valence-corrected chi connectivity index (χ3v) is 4.94. The minimum absolute atomic E-state index is 0.0788. The molecule has 2 N–H and O–H groups in total. The van der Waals surface area contributed by atoms with Crippen molar-refractivity contribution in [3.63, 3.8) is 0 Å². The number of hydrogen-bond acceptors (Lipinski definition) is 5.